The van der Waals surface area contributed by atoms with E-state index in [0.717, 1.165) is 36.5 Å². The molecule has 2 N–H and O–H groups in total. The lowest BCUT2D eigenvalue weighted by Crippen LogP contribution is -2.27. The molecule has 1 aromatic heterocycles. The van der Waals surface area contributed by atoms with Gasteiger partial charge in [0, 0.05) is 30.5 Å². The average molecular weight is 239 g/mol. The van der Waals surface area contributed by atoms with E-state index < -0.39 is 0 Å². The number of pyridine rings is 1. The van der Waals surface area contributed by atoms with E-state index >= 15 is 0 Å². The number of nitrogen functional groups attached to an aromatic ring is 1. The van der Waals surface area contributed by atoms with Gasteiger partial charge in [-0.3, -0.25) is 4.98 Å². The monoisotopic (exact) mass is 239 g/mol. The van der Waals surface area contributed by atoms with Gasteiger partial charge >= 0.3 is 0 Å². The van der Waals surface area contributed by atoms with E-state index in [1.54, 1.807) is 0 Å². The highest BCUT2D eigenvalue weighted by molar-refractivity contribution is 5.77. The van der Waals surface area contributed by atoms with Crippen LogP contribution in [0.5, 0.6) is 0 Å². The van der Waals surface area contributed by atoms with Crippen LogP contribution in [0.2, 0.25) is 0 Å². The Hall–Kier alpha value is -1.87. The first-order chi connectivity index (χ1) is 8.75. The maximum Gasteiger partial charge on any atom is 0.0722 e. The van der Waals surface area contributed by atoms with Gasteiger partial charge in [-0.15, -0.1) is 0 Å². The fraction of sp³-hybridized carbons (Fsp3) is 0.267. The molecule has 0 unspecified atom stereocenters. The number of hydrogen-bond donors (Lipinski definition) is 1. The zero-order valence-corrected chi connectivity index (χ0v) is 10.6. The predicted molar refractivity (Wildman–Crippen MR) is 74.1 cm³/mol. The number of aromatic nitrogens is 1. The maximum atomic E-state index is 6.32. The zero-order chi connectivity index (χ0) is 12.5. The number of fused-ring (bicyclic) bond motifs is 1. The van der Waals surface area contributed by atoms with Crippen LogP contribution in [0.3, 0.4) is 0 Å². The minimum atomic E-state index is 0.902. The van der Waals surface area contributed by atoms with Crippen molar-refractivity contribution in [2.75, 3.05) is 19.3 Å². The normalized spacial score (nSPS) is 15.4. The zero-order valence-electron chi connectivity index (χ0n) is 10.6. The quantitative estimate of drug-likeness (QED) is 0.777. The minimum absolute atomic E-state index is 0.902. The Labute approximate surface area is 107 Å². The number of anilines is 1. The molecule has 0 aliphatic carbocycles. The van der Waals surface area contributed by atoms with Gasteiger partial charge in [0.2, 0.25) is 0 Å². The Bertz CT molecular complexity index is 563. The second kappa shape index (κ2) is 4.42. The van der Waals surface area contributed by atoms with Crippen LogP contribution >= 0.6 is 0 Å². The second-order valence-corrected chi connectivity index (χ2v) is 4.87. The summed E-state index contributed by atoms with van der Waals surface area (Å²) < 4.78 is 0. The van der Waals surface area contributed by atoms with Gasteiger partial charge in [0.1, 0.15) is 0 Å². The Morgan fingerprint density at radius 1 is 1.22 bits per heavy atom. The molecule has 1 aliphatic rings. The van der Waals surface area contributed by atoms with Crippen LogP contribution in [0.15, 0.2) is 36.5 Å². The number of rotatable bonds is 1. The van der Waals surface area contributed by atoms with Gasteiger partial charge in [0.05, 0.1) is 5.69 Å². The molecule has 92 valence electrons. The maximum absolute atomic E-state index is 6.32. The van der Waals surface area contributed by atoms with Crippen molar-refractivity contribution < 1.29 is 0 Å². The molecule has 3 heteroatoms. The third-order valence-corrected chi connectivity index (χ3v) is 3.58. The van der Waals surface area contributed by atoms with Crippen LogP contribution in [0.1, 0.15) is 11.1 Å². The van der Waals surface area contributed by atoms with Crippen molar-refractivity contribution in [2.45, 2.75) is 13.0 Å². The summed E-state index contributed by atoms with van der Waals surface area (Å²) in [7, 11) is 2.14. The highest BCUT2D eigenvalue weighted by Crippen LogP contribution is 2.32. The molecule has 0 atom stereocenters. The third kappa shape index (κ3) is 1.87. The molecule has 1 aromatic carbocycles. The van der Waals surface area contributed by atoms with Crippen LogP contribution in [-0.4, -0.2) is 23.5 Å². The molecule has 3 nitrogen and oxygen atoms in total. The highest BCUT2D eigenvalue weighted by Gasteiger charge is 2.18. The molecule has 0 spiro atoms. The van der Waals surface area contributed by atoms with E-state index in [0.29, 0.717) is 0 Å². The summed E-state index contributed by atoms with van der Waals surface area (Å²) >= 11 is 0. The Kier molecular flexibility index (Phi) is 2.76. The first-order valence-corrected chi connectivity index (χ1v) is 6.26. The van der Waals surface area contributed by atoms with Gasteiger partial charge in [-0.2, -0.15) is 0 Å². The van der Waals surface area contributed by atoms with Crippen LogP contribution in [-0.2, 0) is 13.0 Å². The Balaban J connectivity index is 2.09. The molecule has 0 saturated heterocycles. The van der Waals surface area contributed by atoms with E-state index in [9.17, 15) is 0 Å². The van der Waals surface area contributed by atoms with Crippen LogP contribution < -0.4 is 5.73 Å². The van der Waals surface area contributed by atoms with Gasteiger partial charge < -0.3 is 10.6 Å². The van der Waals surface area contributed by atoms with E-state index in [2.05, 4.69) is 29.1 Å². The topological polar surface area (TPSA) is 42.2 Å². The second-order valence-electron chi connectivity index (χ2n) is 4.87. The number of benzene rings is 1. The lowest BCUT2D eigenvalue weighted by Gasteiger charge is -2.26. The number of nitrogens with zero attached hydrogens (tertiary/aromatic N) is 2. The molecular weight excluding hydrogens is 222 g/mol. The van der Waals surface area contributed by atoms with Crippen molar-refractivity contribution in [3.63, 3.8) is 0 Å². The first kappa shape index (κ1) is 11.2. The molecule has 0 amide bonds. The summed E-state index contributed by atoms with van der Waals surface area (Å²) in [6.45, 7) is 2.06. The molecule has 2 aromatic rings. The minimum Gasteiger partial charge on any atom is -0.398 e. The van der Waals surface area contributed by atoms with E-state index in [1.807, 2.05) is 24.4 Å². The van der Waals surface area contributed by atoms with Gasteiger partial charge in [0.25, 0.3) is 0 Å². The Morgan fingerprint density at radius 3 is 2.89 bits per heavy atom. The van der Waals surface area contributed by atoms with Gasteiger partial charge in [-0.1, -0.05) is 18.2 Å². The molecule has 0 fully saturated rings. The molecule has 0 radical (unpaired) electrons. The summed E-state index contributed by atoms with van der Waals surface area (Å²) in [6, 6.07) is 10.2. The number of likely N-dealkylation sites (N-methyl/N-ethyl adjacent to an activating group) is 1. The average Bonchev–Trinajstić information content (AvgIpc) is 2.40. The van der Waals surface area contributed by atoms with Crippen LogP contribution in [0, 0.1) is 0 Å². The van der Waals surface area contributed by atoms with Gasteiger partial charge in [0.15, 0.2) is 0 Å². The van der Waals surface area contributed by atoms with Crippen molar-refractivity contribution in [1.82, 2.24) is 9.88 Å². The van der Waals surface area contributed by atoms with Gasteiger partial charge in [-0.05, 0) is 36.7 Å². The van der Waals surface area contributed by atoms with Crippen LogP contribution in [0.4, 0.5) is 5.69 Å². The van der Waals surface area contributed by atoms with Crippen molar-refractivity contribution in [3.8, 4) is 11.3 Å². The smallest absolute Gasteiger partial charge is 0.0722 e. The lowest BCUT2D eigenvalue weighted by atomic mass is 9.94. The molecular formula is C15H17N3. The molecule has 0 bridgehead atoms. The third-order valence-electron chi connectivity index (χ3n) is 3.58. The number of hydrogen-bond acceptors (Lipinski definition) is 3. The predicted octanol–water partition coefficient (Wildman–Crippen LogP) is 2.32. The molecule has 18 heavy (non-hydrogen) atoms. The van der Waals surface area contributed by atoms with E-state index in [4.69, 9.17) is 5.73 Å². The fourth-order valence-corrected chi connectivity index (χ4v) is 2.57. The summed E-state index contributed by atoms with van der Waals surface area (Å²) in [6.07, 6.45) is 2.83. The molecule has 3 rings (SSSR count). The SMILES string of the molecule is CN1CCc2c(ccc(-c3ccccn3)c2N)C1. The van der Waals surface area contributed by atoms with Crippen LogP contribution in [0.25, 0.3) is 11.3 Å². The lowest BCUT2D eigenvalue weighted by molar-refractivity contribution is 0.313. The summed E-state index contributed by atoms with van der Waals surface area (Å²) in [5, 5.41) is 0. The van der Waals surface area contributed by atoms with Crippen molar-refractivity contribution >= 4 is 5.69 Å². The highest BCUT2D eigenvalue weighted by atomic mass is 15.1. The van der Waals surface area contributed by atoms with Crippen molar-refractivity contribution in [1.29, 1.82) is 0 Å². The van der Waals surface area contributed by atoms with Crippen molar-refractivity contribution in [2.24, 2.45) is 0 Å². The van der Waals surface area contributed by atoms with E-state index in [-0.39, 0.29) is 0 Å². The van der Waals surface area contributed by atoms with E-state index in [1.165, 1.54) is 11.1 Å². The standard InChI is InChI=1S/C15H17N3/c1-18-9-7-12-11(10-18)5-6-13(15(12)16)14-4-2-3-8-17-14/h2-6,8H,7,9-10,16H2,1H3. The first-order valence-electron chi connectivity index (χ1n) is 6.26. The van der Waals surface area contributed by atoms with Crippen molar-refractivity contribution in [3.05, 3.63) is 47.7 Å². The molecule has 1 aliphatic heterocycles. The molecule has 2 heterocycles. The summed E-state index contributed by atoms with van der Waals surface area (Å²) in [5.74, 6) is 0. The van der Waals surface area contributed by atoms with Gasteiger partial charge in [-0.25, -0.2) is 0 Å². The number of nitrogens with two attached hydrogens (primary N) is 1. The summed E-state index contributed by atoms with van der Waals surface area (Å²) in [5.41, 5.74) is 11.9. The molecule has 0 saturated carbocycles. The fourth-order valence-electron chi connectivity index (χ4n) is 2.57. The largest absolute Gasteiger partial charge is 0.398 e. The summed E-state index contributed by atoms with van der Waals surface area (Å²) in [4.78, 5) is 6.70. The Morgan fingerprint density at radius 2 is 2.11 bits per heavy atom.